The first-order valence-corrected chi connectivity index (χ1v) is 12.9. The fourth-order valence-electron chi connectivity index (χ4n) is 4.10. The third-order valence-corrected chi connectivity index (χ3v) is 7.93. The van der Waals surface area contributed by atoms with Gasteiger partial charge in [0.2, 0.25) is 15.8 Å². The first-order valence-electron chi connectivity index (χ1n) is 11.4. The van der Waals surface area contributed by atoms with E-state index >= 15 is 0 Å². The Morgan fingerprint density at radius 3 is 2.29 bits per heavy atom. The molecule has 1 aromatic heterocycles. The van der Waals surface area contributed by atoms with Gasteiger partial charge in [-0.2, -0.15) is 0 Å². The molecule has 0 saturated carbocycles. The Balaban J connectivity index is 1.62. The van der Waals surface area contributed by atoms with Crippen LogP contribution in [0.5, 0.6) is 0 Å². The van der Waals surface area contributed by atoms with E-state index in [9.17, 15) is 18.0 Å². The number of amides is 1. The molecule has 0 unspecified atom stereocenters. The van der Waals surface area contributed by atoms with E-state index < -0.39 is 15.9 Å². The molecule has 0 aliphatic carbocycles. The Kier molecular flexibility index (Phi) is 7.04. The standard InChI is InChI=1S/C25H29N5O4S/c1-28(2)35(33,34)20-11-12-22(30-14-5-4-6-15-30)21(17-20)25(32)27-19-9-7-18(8-10-19)23(31)24-26-13-16-29(24)3/h7-13,16-17H,4-6,14-15H2,1-3H3,(H,27,32). The molecule has 1 N–H and O–H groups in total. The second-order valence-corrected chi connectivity index (χ2v) is 10.9. The van der Waals surface area contributed by atoms with Gasteiger partial charge in [-0.1, -0.05) is 0 Å². The number of rotatable bonds is 7. The van der Waals surface area contributed by atoms with E-state index in [1.165, 1.54) is 20.2 Å². The summed E-state index contributed by atoms with van der Waals surface area (Å²) in [6.07, 6.45) is 6.43. The SMILES string of the molecule is CN(C)S(=O)(=O)c1ccc(N2CCCCC2)c(C(=O)Nc2ccc(C(=O)c3nccn3C)cc2)c1. The van der Waals surface area contributed by atoms with Crippen LogP contribution in [0.1, 0.15) is 45.8 Å². The Morgan fingerprint density at radius 1 is 1.00 bits per heavy atom. The number of piperidine rings is 1. The number of ketones is 1. The summed E-state index contributed by atoms with van der Waals surface area (Å²) in [5, 5.41) is 2.85. The molecule has 0 spiro atoms. The van der Waals surface area contributed by atoms with Gasteiger partial charge in [-0.05, 0) is 61.7 Å². The zero-order chi connectivity index (χ0) is 25.2. The second kappa shape index (κ2) is 10.0. The highest BCUT2D eigenvalue weighted by molar-refractivity contribution is 7.89. The van der Waals surface area contributed by atoms with Crippen LogP contribution < -0.4 is 10.2 Å². The highest BCUT2D eigenvalue weighted by Crippen LogP contribution is 2.29. The van der Waals surface area contributed by atoms with Crippen molar-refractivity contribution in [2.75, 3.05) is 37.4 Å². The molecule has 184 valence electrons. The summed E-state index contributed by atoms with van der Waals surface area (Å²) in [5.74, 6) is -0.305. The Hall–Kier alpha value is -3.50. The predicted octanol–water partition coefficient (Wildman–Crippen LogP) is 3.14. The summed E-state index contributed by atoms with van der Waals surface area (Å²) in [6.45, 7) is 1.62. The number of anilines is 2. The van der Waals surface area contributed by atoms with Crippen LogP contribution >= 0.6 is 0 Å². The van der Waals surface area contributed by atoms with Crippen molar-refractivity contribution in [1.29, 1.82) is 0 Å². The number of carbonyl (C=O) groups excluding carboxylic acids is 2. The Bertz CT molecular complexity index is 1340. The molecule has 0 radical (unpaired) electrons. The van der Waals surface area contributed by atoms with Gasteiger partial charge in [0.1, 0.15) is 0 Å². The maximum absolute atomic E-state index is 13.4. The molecule has 4 rings (SSSR count). The smallest absolute Gasteiger partial charge is 0.257 e. The molecule has 2 heterocycles. The molecule has 1 fully saturated rings. The number of hydrogen-bond acceptors (Lipinski definition) is 6. The molecule has 3 aromatic rings. The Morgan fingerprint density at radius 2 is 1.69 bits per heavy atom. The van der Waals surface area contributed by atoms with E-state index in [2.05, 4.69) is 15.2 Å². The molecule has 1 amide bonds. The largest absolute Gasteiger partial charge is 0.371 e. The van der Waals surface area contributed by atoms with Gasteiger partial charge in [0, 0.05) is 63.6 Å². The third kappa shape index (κ3) is 5.13. The van der Waals surface area contributed by atoms with Crippen LogP contribution in [0.4, 0.5) is 11.4 Å². The van der Waals surface area contributed by atoms with Crippen molar-refractivity contribution in [1.82, 2.24) is 13.9 Å². The van der Waals surface area contributed by atoms with E-state index in [1.54, 1.807) is 60.4 Å². The maximum atomic E-state index is 13.4. The molecule has 1 saturated heterocycles. The molecule has 10 heteroatoms. The summed E-state index contributed by atoms with van der Waals surface area (Å²) < 4.78 is 28.2. The summed E-state index contributed by atoms with van der Waals surface area (Å²) in [5.41, 5.74) is 1.95. The average molecular weight is 496 g/mol. The number of imidazole rings is 1. The van der Waals surface area contributed by atoms with Crippen molar-refractivity contribution in [3.05, 3.63) is 71.8 Å². The van der Waals surface area contributed by atoms with E-state index in [0.29, 0.717) is 28.3 Å². The summed E-state index contributed by atoms with van der Waals surface area (Å²) in [7, 11) is 0.965. The third-order valence-electron chi connectivity index (χ3n) is 6.12. The number of nitrogens with zero attached hydrogens (tertiary/aromatic N) is 4. The van der Waals surface area contributed by atoms with Crippen molar-refractivity contribution in [3.8, 4) is 0 Å². The molecule has 2 aromatic carbocycles. The molecule has 0 bridgehead atoms. The van der Waals surface area contributed by atoms with Gasteiger partial charge in [-0.3, -0.25) is 9.59 Å². The van der Waals surface area contributed by atoms with Crippen LogP contribution in [0.2, 0.25) is 0 Å². The van der Waals surface area contributed by atoms with Crippen LogP contribution in [-0.4, -0.2) is 61.1 Å². The van der Waals surface area contributed by atoms with Gasteiger partial charge < -0.3 is 14.8 Å². The lowest BCUT2D eigenvalue weighted by atomic mass is 10.1. The van der Waals surface area contributed by atoms with Gasteiger partial charge in [0.05, 0.1) is 10.5 Å². The molecule has 9 nitrogen and oxygen atoms in total. The van der Waals surface area contributed by atoms with Gasteiger partial charge in [0.25, 0.3) is 5.91 Å². The number of benzene rings is 2. The minimum Gasteiger partial charge on any atom is -0.371 e. The number of sulfonamides is 1. The second-order valence-electron chi connectivity index (χ2n) is 8.74. The molecule has 1 aliphatic heterocycles. The first-order chi connectivity index (χ1) is 16.7. The number of hydrogen-bond donors (Lipinski definition) is 1. The molecule has 0 atom stereocenters. The zero-order valence-corrected chi connectivity index (χ0v) is 20.9. The highest BCUT2D eigenvalue weighted by atomic mass is 32.2. The van der Waals surface area contributed by atoms with E-state index in [1.807, 2.05) is 0 Å². The minimum atomic E-state index is -3.70. The fourth-order valence-corrected chi connectivity index (χ4v) is 5.02. The van der Waals surface area contributed by atoms with Gasteiger partial charge >= 0.3 is 0 Å². The summed E-state index contributed by atoms with van der Waals surface area (Å²) in [4.78, 5) is 32.3. The fraction of sp³-hybridized carbons (Fsp3) is 0.320. The first kappa shape index (κ1) is 24.6. The zero-order valence-electron chi connectivity index (χ0n) is 20.1. The number of nitrogens with one attached hydrogen (secondary N) is 1. The van der Waals surface area contributed by atoms with Crippen LogP contribution in [0.3, 0.4) is 0 Å². The van der Waals surface area contributed by atoms with Crippen molar-refractivity contribution in [2.45, 2.75) is 24.2 Å². The minimum absolute atomic E-state index is 0.0596. The Labute approximate surface area is 205 Å². The average Bonchev–Trinajstić information content (AvgIpc) is 3.29. The molecular weight excluding hydrogens is 466 g/mol. The van der Waals surface area contributed by atoms with Crippen molar-refractivity contribution in [3.63, 3.8) is 0 Å². The lowest BCUT2D eigenvalue weighted by Crippen LogP contribution is -2.32. The topological polar surface area (TPSA) is 105 Å². The molecular formula is C25H29N5O4S. The van der Waals surface area contributed by atoms with Crippen molar-refractivity contribution >= 4 is 33.1 Å². The van der Waals surface area contributed by atoms with Gasteiger partial charge in [-0.25, -0.2) is 17.7 Å². The molecule has 1 aliphatic rings. The maximum Gasteiger partial charge on any atom is 0.257 e. The predicted molar refractivity (Wildman–Crippen MR) is 134 cm³/mol. The van der Waals surface area contributed by atoms with Crippen LogP contribution in [0, 0.1) is 0 Å². The quantitative estimate of drug-likeness (QED) is 0.505. The summed E-state index contributed by atoms with van der Waals surface area (Å²) in [6, 6.07) is 11.3. The highest BCUT2D eigenvalue weighted by Gasteiger charge is 2.24. The number of aromatic nitrogens is 2. The lowest BCUT2D eigenvalue weighted by Gasteiger charge is -2.30. The van der Waals surface area contributed by atoms with Gasteiger partial charge in [-0.15, -0.1) is 0 Å². The summed E-state index contributed by atoms with van der Waals surface area (Å²) >= 11 is 0. The van der Waals surface area contributed by atoms with Crippen molar-refractivity contribution < 1.29 is 18.0 Å². The van der Waals surface area contributed by atoms with Crippen LogP contribution in [-0.2, 0) is 17.1 Å². The van der Waals surface area contributed by atoms with Crippen molar-refractivity contribution in [2.24, 2.45) is 7.05 Å². The van der Waals surface area contributed by atoms with E-state index in [-0.39, 0.29) is 10.7 Å². The van der Waals surface area contributed by atoms with E-state index in [4.69, 9.17) is 0 Å². The lowest BCUT2D eigenvalue weighted by molar-refractivity contribution is 0.102. The van der Waals surface area contributed by atoms with Crippen LogP contribution in [0.25, 0.3) is 0 Å². The van der Waals surface area contributed by atoms with Gasteiger partial charge in [0.15, 0.2) is 5.82 Å². The number of carbonyl (C=O) groups is 2. The van der Waals surface area contributed by atoms with E-state index in [0.717, 1.165) is 36.7 Å². The number of aryl methyl sites for hydroxylation is 1. The molecule has 35 heavy (non-hydrogen) atoms. The van der Waals surface area contributed by atoms with Crippen LogP contribution in [0.15, 0.2) is 59.8 Å². The normalized spacial score (nSPS) is 14.2. The monoisotopic (exact) mass is 495 g/mol.